The molecule has 142 valence electrons. The maximum atomic E-state index is 12.6. The highest BCUT2D eigenvalue weighted by Gasteiger charge is 2.32. The third-order valence-electron chi connectivity index (χ3n) is 4.57. The van der Waals surface area contributed by atoms with Crippen molar-refractivity contribution in [2.45, 2.75) is 31.3 Å². The van der Waals surface area contributed by atoms with Gasteiger partial charge in [0.1, 0.15) is 5.54 Å². The van der Waals surface area contributed by atoms with Gasteiger partial charge in [-0.15, -0.1) is 29.9 Å². The lowest BCUT2D eigenvalue weighted by molar-refractivity contribution is -0.126. The Morgan fingerprint density at radius 1 is 1.27 bits per heavy atom. The van der Waals surface area contributed by atoms with Gasteiger partial charge in [-0.05, 0) is 37.5 Å². The first-order valence-corrected chi connectivity index (χ1v) is 8.26. The summed E-state index contributed by atoms with van der Waals surface area (Å²) in [7, 11) is 0. The summed E-state index contributed by atoms with van der Waals surface area (Å²) in [5.41, 5.74) is 6.02. The Morgan fingerprint density at radius 3 is 2.65 bits per heavy atom. The van der Waals surface area contributed by atoms with E-state index in [1.54, 1.807) is 13.1 Å². The van der Waals surface area contributed by atoms with Crippen LogP contribution in [0.25, 0.3) is 0 Å². The van der Waals surface area contributed by atoms with Crippen LogP contribution in [0.1, 0.15) is 25.3 Å². The molecule has 1 aromatic heterocycles. The number of nitrogens with zero attached hydrogens (tertiary/aromatic N) is 3. The zero-order valence-corrected chi connectivity index (χ0v) is 16.3. The van der Waals surface area contributed by atoms with Crippen molar-refractivity contribution >= 4 is 36.5 Å². The average molecular weight is 398 g/mol. The van der Waals surface area contributed by atoms with E-state index in [9.17, 15) is 4.79 Å². The molecule has 2 aromatic rings. The van der Waals surface area contributed by atoms with E-state index in [2.05, 4.69) is 20.4 Å². The number of nitrogens with one attached hydrogen (secondary N) is 1. The molecule has 8 heteroatoms. The highest BCUT2D eigenvalue weighted by molar-refractivity contribution is 5.87. The third-order valence-corrected chi connectivity index (χ3v) is 4.57. The number of anilines is 1. The average Bonchev–Trinajstić information content (AvgIpc) is 3.09. The molecule has 1 aliphatic heterocycles. The number of aromatic nitrogens is 2. The second-order valence-corrected chi connectivity index (χ2v) is 6.35. The van der Waals surface area contributed by atoms with Gasteiger partial charge in [0.2, 0.25) is 5.91 Å². The summed E-state index contributed by atoms with van der Waals surface area (Å²) in [6, 6.07) is 13.5. The molecule has 0 spiro atoms. The molecule has 1 aliphatic rings. The molecule has 0 aliphatic carbocycles. The van der Waals surface area contributed by atoms with Gasteiger partial charge in [0.25, 0.3) is 0 Å². The highest BCUT2D eigenvalue weighted by Crippen LogP contribution is 2.23. The van der Waals surface area contributed by atoms with Crippen LogP contribution in [0, 0.1) is 0 Å². The van der Waals surface area contributed by atoms with E-state index >= 15 is 0 Å². The van der Waals surface area contributed by atoms with Crippen molar-refractivity contribution in [2.24, 2.45) is 5.73 Å². The molecule has 0 radical (unpaired) electrons. The molecule has 26 heavy (non-hydrogen) atoms. The Hall–Kier alpha value is -1.89. The van der Waals surface area contributed by atoms with E-state index in [0.29, 0.717) is 6.54 Å². The quantitative estimate of drug-likeness (QED) is 0.808. The zero-order valence-electron chi connectivity index (χ0n) is 14.7. The Kier molecular flexibility index (Phi) is 8.27. The second kappa shape index (κ2) is 9.71. The van der Waals surface area contributed by atoms with Crippen LogP contribution in [0.15, 0.2) is 48.7 Å². The van der Waals surface area contributed by atoms with Crippen molar-refractivity contribution in [1.29, 1.82) is 0 Å². The van der Waals surface area contributed by atoms with E-state index < -0.39 is 5.54 Å². The molecule has 2 heterocycles. The fourth-order valence-electron chi connectivity index (χ4n) is 3.11. The summed E-state index contributed by atoms with van der Waals surface area (Å²) in [4.78, 5) is 14.8. The lowest BCUT2D eigenvalue weighted by atomic mass is 9.92. The summed E-state index contributed by atoms with van der Waals surface area (Å²) >= 11 is 0. The van der Waals surface area contributed by atoms with E-state index in [0.717, 1.165) is 30.8 Å². The molecule has 2 unspecified atom stereocenters. The minimum absolute atomic E-state index is 0. The van der Waals surface area contributed by atoms with E-state index in [1.807, 2.05) is 42.5 Å². The lowest BCUT2D eigenvalue weighted by Crippen LogP contribution is -2.51. The van der Waals surface area contributed by atoms with Crippen LogP contribution < -0.4 is 16.0 Å². The van der Waals surface area contributed by atoms with Crippen molar-refractivity contribution in [3.8, 4) is 0 Å². The minimum Gasteiger partial charge on any atom is -0.352 e. The summed E-state index contributed by atoms with van der Waals surface area (Å²) in [6.45, 7) is 3.22. The van der Waals surface area contributed by atoms with E-state index in [4.69, 9.17) is 5.73 Å². The molecule has 2 atom stereocenters. The third kappa shape index (κ3) is 4.84. The topological polar surface area (TPSA) is 84.1 Å². The predicted molar refractivity (Wildman–Crippen MR) is 108 cm³/mol. The van der Waals surface area contributed by atoms with Gasteiger partial charge in [0, 0.05) is 25.3 Å². The maximum Gasteiger partial charge on any atom is 0.244 e. The van der Waals surface area contributed by atoms with E-state index in [-0.39, 0.29) is 36.8 Å². The molecule has 6 nitrogen and oxygen atoms in total. The van der Waals surface area contributed by atoms with Gasteiger partial charge in [0.15, 0.2) is 5.82 Å². The monoisotopic (exact) mass is 397 g/mol. The predicted octanol–water partition coefficient (Wildman–Crippen LogP) is 2.28. The SMILES string of the molecule is CC(N)(C(=O)NCC1CCCN1c1cccnn1)c1ccccc1.Cl.Cl. The van der Waals surface area contributed by atoms with Gasteiger partial charge in [-0.1, -0.05) is 30.3 Å². The first-order valence-electron chi connectivity index (χ1n) is 8.26. The second-order valence-electron chi connectivity index (χ2n) is 6.35. The van der Waals surface area contributed by atoms with Crippen LogP contribution in [0.4, 0.5) is 5.82 Å². The number of benzene rings is 1. The fourth-order valence-corrected chi connectivity index (χ4v) is 3.11. The van der Waals surface area contributed by atoms with Gasteiger partial charge >= 0.3 is 0 Å². The fraction of sp³-hybridized carbons (Fsp3) is 0.389. The normalized spacial score (nSPS) is 18.2. The lowest BCUT2D eigenvalue weighted by Gasteiger charge is -2.28. The highest BCUT2D eigenvalue weighted by atomic mass is 35.5. The summed E-state index contributed by atoms with van der Waals surface area (Å²) in [5.74, 6) is 0.688. The first-order chi connectivity index (χ1) is 11.6. The largest absolute Gasteiger partial charge is 0.352 e. The smallest absolute Gasteiger partial charge is 0.244 e. The van der Waals surface area contributed by atoms with Crippen LogP contribution in [-0.2, 0) is 10.3 Å². The van der Waals surface area contributed by atoms with Crippen molar-refractivity contribution < 1.29 is 4.79 Å². The van der Waals surface area contributed by atoms with Gasteiger partial charge in [-0.25, -0.2) is 0 Å². The molecule has 3 N–H and O–H groups in total. The molecular formula is C18H25Cl2N5O. The number of carbonyl (C=O) groups excluding carboxylic acids is 1. The van der Waals surface area contributed by atoms with Gasteiger partial charge in [-0.2, -0.15) is 5.10 Å². The molecule has 0 bridgehead atoms. The van der Waals surface area contributed by atoms with Crippen molar-refractivity contribution in [3.63, 3.8) is 0 Å². The van der Waals surface area contributed by atoms with Crippen LogP contribution in [0.3, 0.4) is 0 Å². The molecule has 1 saturated heterocycles. The van der Waals surface area contributed by atoms with Gasteiger partial charge in [-0.3, -0.25) is 4.79 Å². The van der Waals surface area contributed by atoms with Crippen molar-refractivity contribution in [1.82, 2.24) is 15.5 Å². The summed E-state index contributed by atoms with van der Waals surface area (Å²) in [5, 5.41) is 11.1. The number of nitrogens with two attached hydrogens (primary N) is 1. The number of amides is 1. The standard InChI is InChI=1S/C18H23N5O.2ClH/c1-18(19,14-7-3-2-4-8-14)17(24)20-13-15-9-6-12-23(15)16-10-5-11-21-22-16;;/h2-5,7-8,10-11,15H,6,9,12-13,19H2,1H3,(H,20,24);2*1H. The molecule has 1 fully saturated rings. The van der Waals surface area contributed by atoms with E-state index in [1.165, 1.54) is 0 Å². The summed E-state index contributed by atoms with van der Waals surface area (Å²) in [6.07, 6.45) is 3.76. The Labute approximate surface area is 166 Å². The molecular weight excluding hydrogens is 373 g/mol. The van der Waals surface area contributed by atoms with Crippen molar-refractivity contribution in [2.75, 3.05) is 18.0 Å². The number of halogens is 2. The van der Waals surface area contributed by atoms with Crippen LogP contribution >= 0.6 is 24.8 Å². The van der Waals surface area contributed by atoms with Gasteiger partial charge < -0.3 is 16.0 Å². The number of hydrogen-bond donors (Lipinski definition) is 2. The number of hydrogen-bond acceptors (Lipinski definition) is 5. The molecule has 1 amide bonds. The first kappa shape index (κ1) is 22.2. The number of carbonyl (C=O) groups is 1. The molecule has 0 saturated carbocycles. The van der Waals surface area contributed by atoms with Crippen LogP contribution in [0.2, 0.25) is 0 Å². The Balaban J connectivity index is 0.00000169. The van der Waals surface area contributed by atoms with Crippen molar-refractivity contribution in [3.05, 3.63) is 54.2 Å². The van der Waals surface area contributed by atoms with Gasteiger partial charge in [0.05, 0.1) is 0 Å². The maximum absolute atomic E-state index is 12.6. The molecule has 1 aromatic carbocycles. The van der Waals surface area contributed by atoms with Crippen LogP contribution in [0.5, 0.6) is 0 Å². The zero-order chi connectivity index (χ0) is 17.0. The Bertz CT molecular complexity index is 684. The molecule has 3 rings (SSSR count). The van der Waals surface area contributed by atoms with Crippen LogP contribution in [-0.4, -0.2) is 35.2 Å². The minimum atomic E-state index is -1.04. The summed E-state index contributed by atoms with van der Waals surface area (Å²) < 4.78 is 0. The number of rotatable bonds is 5. The Morgan fingerprint density at radius 2 is 2.00 bits per heavy atom.